The smallest absolute Gasteiger partial charge is 0.227 e. The maximum absolute atomic E-state index is 12.7. The van der Waals surface area contributed by atoms with Crippen LogP contribution in [0.4, 0.5) is 11.8 Å². The highest BCUT2D eigenvalue weighted by Gasteiger charge is 2.30. The second-order valence-corrected chi connectivity index (χ2v) is 10.8. The first-order chi connectivity index (χ1) is 17.7. The van der Waals surface area contributed by atoms with Crippen LogP contribution in [0.15, 0.2) is 46.5 Å². The van der Waals surface area contributed by atoms with Crippen molar-refractivity contribution in [1.29, 1.82) is 0 Å². The number of fused-ring (bicyclic) bond motifs is 1. The first-order valence-electron chi connectivity index (χ1n) is 12.9. The summed E-state index contributed by atoms with van der Waals surface area (Å²) in [4.78, 5) is 17.0. The first-order valence-corrected chi connectivity index (χ1v) is 14.2. The van der Waals surface area contributed by atoms with Crippen molar-refractivity contribution < 1.29 is 18.4 Å². The third-order valence-corrected chi connectivity index (χ3v) is 8.23. The number of hydrogen-bond acceptors (Lipinski definition) is 9. The lowest BCUT2D eigenvalue weighted by atomic mass is 10.1. The van der Waals surface area contributed by atoms with Crippen molar-refractivity contribution in [3.05, 3.63) is 42.3 Å². The molecule has 0 amide bonds. The molecule has 0 saturated carbocycles. The van der Waals surface area contributed by atoms with E-state index in [2.05, 4.69) is 21.8 Å². The summed E-state index contributed by atoms with van der Waals surface area (Å²) in [6, 6.07) is 0.290. The molecular weight excluding hydrogens is 478 g/mol. The highest BCUT2D eigenvalue weighted by atomic mass is 32.2. The van der Waals surface area contributed by atoms with Gasteiger partial charge in [-0.2, -0.15) is 4.98 Å². The predicted molar refractivity (Wildman–Crippen MR) is 141 cm³/mol. The fourth-order valence-corrected chi connectivity index (χ4v) is 6.17. The second-order valence-electron chi connectivity index (χ2n) is 9.32. The number of ether oxygens (including phenoxy) is 3. The number of aromatic nitrogens is 2. The van der Waals surface area contributed by atoms with E-state index in [1.165, 1.54) is 0 Å². The van der Waals surface area contributed by atoms with Crippen LogP contribution in [0.2, 0.25) is 0 Å². The van der Waals surface area contributed by atoms with E-state index in [0.29, 0.717) is 18.8 Å². The quantitative estimate of drug-likeness (QED) is 0.397. The maximum atomic E-state index is 12.7. The van der Waals surface area contributed by atoms with Gasteiger partial charge in [-0.25, -0.2) is 4.98 Å². The minimum absolute atomic E-state index is 0.110. The van der Waals surface area contributed by atoms with Gasteiger partial charge in [0.25, 0.3) is 0 Å². The molecule has 1 N–H and O–H groups in total. The minimum Gasteiger partial charge on any atom is -0.490 e. The van der Waals surface area contributed by atoms with Crippen molar-refractivity contribution in [3.8, 4) is 0 Å². The second kappa shape index (κ2) is 12.0. The van der Waals surface area contributed by atoms with Crippen molar-refractivity contribution in [2.75, 3.05) is 55.4 Å². The van der Waals surface area contributed by atoms with Crippen molar-refractivity contribution in [3.63, 3.8) is 0 Å². The lowest BCUT2D eigenvalue weighted by molar-refractivity contribution is 0.0903. The number of anilines is 2. The molecule has 0 spiro atoms. The largest absolute Gasteiger partial charge is 0.490 e. The van der Waals surface area contributed by atoms with Gasteiger partial charge in [-0.15, -0.1) is 0 Å². The van der Waals surface area contributed by atoms with Gasteiger partial charge in [0.15, 0.2) is 5.90 Å². The zero-order valence-electron chi connectivity index (χ0n) is 20.7. The molecule has 0 bridgehead atoms. The van der Waals surface area contributed by atoms with Crippen LogP contribution in [0.3, 0.4) is 0 Å². The van der Waals surface area contributed by atoms with Gasteiger partial charge in [-0.1, -0.05) is 18.7 Å². The number of rotatable bonds is 9. The lowest BCUT2D eigenvalue weighted by Crippen LogP contribution is -2.38. The summed E-state index contributed by atoms with van der Waals surface area (Å²) < 4.78 is 29.9. The molecule has 4 aliphatic heterocycles. The van der Waals surface area contributed by atoms with Crippen LogP contribution in [0, 0.1) is 0 Å². The Kier molecular flexibility index (Phi) is 8.32. The van der Waals surface area contributed by atoms with Crippen LogP contribution in [0.25, 0.3) is 0 Å². The molecule has 9 nitrogen and oxygen atoms in total. The van der Waals surface area contributed by atoms with E-state index in [9.17, 15) is 4.21 Å². The normalized spacial score (nSPS) is 23.4. The average Bonchev–Trinajstić information content (AvgIpc) is 3.55. The number of piperidine rings is 1. The summed E-state index contributed by atoms with van der Waals surface area (Å²) in [7, 11) is -1.04. The SMILES string of the molecule is C=C/C=C(\C=C/CC1=NCCO1)OC1CCN(c2nc3c(c(NC4CCOCC4)n2)S(=O)CC3)CC1. The van der Waals surface area contributed by atoms with Crippen molar-refractivity contribution in [1.82, 2.24) is 9.97 Å². The lowest BCUT2D eigenvalue weighted by Gasteiger charge is -2.33. The molecule has 1 atom stereocenters. The number of allylic oxidation sites excluding steroid dienone is 3. The van der Waals surface area contributed by atoms with Gasteiger partial charge in [-0.05, 0) is 25.0 Å². The molecule has 10 heteroatoms. The van der Waals surface area contributed by atoms with Gasteiger partial charge < -0.3 is 24.4 Å². The van der Waals surface area contributed by atoms with E-state index in [1.54, 1.807) is 6.08 Å². The standard InChI is InChI=1S/C26H35N5O4S/c1-2-4-20(5-3-6-23-27-12-17-34-23)35-21-7-13-31(14-8-21)26-29-22-11-18-36(32)24(22)25(30-26)28-19-9-15-33-16-10-19/h2-5,19,21H,1,6-18H2,(H,28,29,30)/b5-3-,20-4+. The van der Waals surface area contributed by atoms with Gasteiger partial charge in [-0.3, -0.25) is 9.20 Å². The number of nitrogens with one attached hydrogen (secondary N) is 1. The van der Waals surface area contributed by atoms with Crippen LogP contribution >= 0.6 is 0 Å². The van der Waals surface area contributed by atoms with Gasteiger partial charge in [0, 0.05) is 63.8 Å². The third kappa shape index (κ3) is 6.15. The number of nitrogens with zero attached hydrogens (tertiary/aromatic N) is 4. The summed E-state index contributed by atoms with van der Waals surface area (Å²) >= 11 is 0. The molecule has 1 aromatic heterocycles. The molecule has 194 valence electrons. The Morgan fingerprint density at radius 1 is 1.19 bits per heavy atom. The molecule has 0 aliphatic carbocycles. The van der Waals surface area contributed by atoms with Crippen LogP contribution in [-0.4, -0.2) is 77.4 Å². The fraction of sp³-hybridized carbons (Fsp3) is 0.577. The predicted octanol–water partition coefficient (Wildman–Crippen LogP) is 3.16. The summed E-state index contributed by atoms with van der Waals surface area (Å²) in [6.45, 7) is 8.33. The summed E-state index contributed by atoms with van der Waals surface area (Å²) in [5.41, 5.74) is 0.920. The zero-order valence-corrected chi connectivity index (χ0v) is 21.5. The van der Waals surface area contributed by atoms with E-state index in [-0.39, 0.29) is 12.1 Å². The molecular formula is C26H35N5O4S. The molecule has 4 aliphatic rings. The monoisotopic (exact) mass is 513 g/mol. The van der Waals surface area contributed by atoms with Crippen LogP contribution in [0.1, 0.15) is 37.8 Å². The Labute approximate surface area is 215 Å². The van der Waals surface area contributed by atoms with Crippen molar-refractivity contribution in [2.45, 2.75) is 55.6 Å². The van der Waals surface area contributed by atoms with Gasteiger partial charge in [0.05, 0.1) is 23.0 Å². The molecule has 2 saturated heterocycles. The molecule has 36 heavy (non-hydrogen) atoms. The molecule has 0 aromatic carbocycles. The fourth-order valence-electron chi connectivity index (χ4n) is 4.85. The topological polar surface area (TPSA) is 98.2 Å². The molecule has 0 radical (unpaired) electrons. The minimum atomic E-state index is -1.04. The Hall–Kier alpha value is -2.72. The van der Waals surface area contributed by atoms with E-state index in [4.69, 9.17) is 24.2 Å². The third-order valence-electron chi connectivity index (χ3n) is 6.77. The molecule has 5 rings (SSSR count). The molecule has 2 fully saturated rings. The molecule has 1 unspecified atom stereocenters. The van der Waals surface area contributed by atoms with Gasteiger partial charge >= 0.3 is 0 Å². The van der Waals surface area contributed by atoms with E-state index in [0.717, 1.165) is 99.0 Å². The van der Waals surface area contributed by atoms with Crippen LogP contribution in [-0.2, 0) is 31.4 Å². The summed E-state index contributed by atoms with van der Waals surface area (Å²) in [6.07, 6.45) is 12.7. The van der Waals surface area contributed by atoms with Crippen LogP contribution < -0.4 is 10.2 Å². The number of aryl methyl sites for hydroxylation is 1. The summed E-state index contributed by atoms with van der Waals surface area (Å²) in [5.74, 6) is 3.66. The Balaban J connectivity index is 1.21. The number of hydrogen-bond donors (Lipinski definition) is 1. The van der Waals surface area contributed by atoms with Crippen LogP contribution in [0.5, 0.6) is 0 Å². The maximum Gasteiger partial charge on any atom is 0.227 e. The van der Waals surface area contributed by atoms with Gasteiger partial charge in [0.1, 0.15) is 29.2 Å². The average molecular weight is 514 g/mol. The van der Waals surface area contributed by atoms with Crippen molar-refractivity contribution in [2.24, 2.45) is 4.99 Å². The number of aliphatic imine (C=N–C) groups is 1. The Morgan fingerprint density at radius 2 is 2.03 bits per heavy atom. The van der Waals surface area contributed by atoms with E-state index < -0.39 is 10.8 Å². The van der Waals surface area contributed by atoms with E-state index >= 15 is 0 Å². The highest BCUT2D eigenvalue weighted by molar-refractivity contribution is 7.85. The first kappa shape index (κ1) is 25.0. The summed E-state index contributed by atoms with van der Waals surface area (Å²) in [5, 5.41) is 3.56. The molecule has 5 heterocycles. The van der Waals surface area contributed by atoms with Crippen molar-refractivity contribution >= 4 is 28.5 Å². The zero-order chi connectivity index (χ0) is 24.7. The van der Waals surface area contributed by atoms with Gasteiger partial charge in [0.2, 0.25) is 5.95 Å². The Bertz CT molecular complexity index is 1060. The van der Waals surface area contributed by atoms with E-state index in [1.807, 2.05) is 18.2 Å². The Morgan fingerprint density at radius 3 is 2.78 bits per heavy atom. The highest BCUT2D eigenvalue weighted by Crippen LogP contribution is 2.32. The molecule has 1 aromatic rings.